The summed E-state index contributed by atoms with van der Waals surface area (Å²) in [6.07, 6.45) is 3.57. The van der Waals surface area contributed by atoms with E-state index in [2.05, 4.69) is 52.9 Å². The maximum absolute atomic E-state index is 13.5. The maximum Gasteiger partial charge on any atom is 0.338 e. The van der Waals surface area contributed by atoms with Crippen LogP contribution in [0.5, 0.6) is 0 Å². The number of Topliss-reactive ketones (excluding diaryl/α,β-unsaturated/α-hetero) is 1. The minimum absolute atomic E-state index is 0.0559. The zero-order chi connectivity index (χ0) is 26.1. The third-order valence-electron chi connectivity index (χ3n) is 7.18. The first kappa shape index (κ1) is 29.0. The molecule has 192 valence electrons. The average Bonchev–Trinajstić information content (AvgIpc) is 2.82. The Kier molecular flexibility index (Phi) is 10.9. The van der Waals surface area contributed by atoms with Gasteiger partial charge in [0.15, 0.2) is 8.32 Å². The van der Waals surface area contributed by atoms with Crippen molar-refractivity contribution in [1.82, 2.24) is 0 Å². The normalized spacial score (nSPS) is 13.8. The van der Waals surface area contributed by atoms with Crippen LogP contribution in [0, 0.1) is 5.92 Å². The zero-order valence-electron chi connectivity index (χ0n) is 22.7. The second-order valence-corrected chi connectivity index (χ2v) is 15.7. The Morgan fingerprint density at radius 2 is 1.54 bits per heavy atom. The molecule has 0 bridgehead atoms. The van der Waals surface area contributed by atoms with Crippen LogP contribution >= 0.6 is 0 Å². The Morgan fingerprint density at radius 3 is 2.09 bits per heavy atom. The van der Waals surface area contributed by atoms with Crippen LogP contribution in [0.25, 0.3) is 0 Å². The summed E-state index contributed by atoms with van der Waals surface area (Å²) in [6.45, 7) is 15.6. The second kappa shape index (κ2) is 13.2. The fourth-order valence-corrected chi connectivity index (χ4v) is 5.38. The quantitative estimate of drug-likeness (QED) is 0.214. The zero-order valence-corrected chi connectivity index (χ0v) is 23.7. The Morgan fingerprint density at radius 1 is 0.914 bits per heavy atom. The molecule has 0 unspecified atom stereocenters. The molecule has 0 spiro atoms. The molecule has 0 saturated heterocycles. The first-order valence-electron chi connectivity index (χ1n) is 13.0. The van der Waals surface area contributed by atoms with E-state index >= 15 is 0 Å². The fourth-order valence-electron chi connectivity index (χ4n) is 3.93. The van der Waals surface area contributed by atoms with E-state index in [-0.39, 0.29) is 28.8 Å². The lowest BCUT2D eigenvalue weighted by molar-refractivity contribution is -0.123. The molecule has 0 aliphatic heterocycles. The molecule has 0 heterocycles. The Hall–Kier alpha value is -2.24. The molecule has 0 radical (unpaired) electrons. The highest BCUT2D eigenvalue weighted by atomic mass is 28.4. The lowest BCUT2D eigenvalue weighted by Gasteiger charge is -2.40. The molecule has 2 rings (SSSR count). The topological polar surface area (TPSA) is 52.6 Å². The molecule has 0 amide bonds. The van der Waals surface area contributed by atoms with Crippen molar-refractivity contribution >= 4 is 20.1 Å². The molecule has 0 fully saturated rings. The number of carbonyl (C=O) groups is 2. The lowest BCUT2D eigenvalue weighted by Crippen LogP contribution is -2.44. The molecule has 2 aromatic rings. The van der Waals surface area contributed by atoms with Gasteiger partial charge in [-0.1, -0.05) is 70.2 Å². The van der Waals surface area contributed by atoms with E-state index < -0.39 is 8.32 Å². The monoisotopic (exact) mass is 496 g/mol. The van der Waals surface area contributed by atoms with Crippen LogP contribution in [-0.4, -0.2) is 32.8 Å². The predicted molar refractivity (Wildman–Crippen MR) is 146 cm³/mol. The molecule has 0 N–H and O–H groups in total. The van der Waals surface area contributed by atoms with E-state index in [0.29, 0.717) is 25.0 Å². The predicted octanol–water partition coefficient (Wildman–Crippen LogP) is 7.41. The number of hydrogen-bond donors (Lipinski definition) is 0. The molecule has 2 atom stereocenters. The number of hydrogen-bond acceptors (Lipinski definition) is 4. The summed E-state index contributed by atoms with van der Waals surface area (Å²) in [5.41, 5.74) is 2.77. The molecule has 2 aromatic carbocycles. The van der Waals surface area contributed by atoms with Crippen molar-refractivity contribution in [2.75, 3.05) is 6.61 Å². The van der Waals surface area contributed by atoms with E-state index in [1.807, 2.05) is 30.3 Å². The van der Waals surface area contributed by atoms with Crippen molar-refractivity contribution < 1.29 is 18.8 Å². The molecule has 4 nitrogen and oxygen atoms in total. The fraction of sp³-hybridized carbons (Fsp3) is 0.533. The van der Waals surface area contributed by atoms with Crippen molar-refractivity contribution in [3.05, 3.63) is 71.3 Å². The van der Waals surface area contributed by atoms with Gasteiger partial charge in [-0.3, -0.25) is 4.79 Å². The van der Waals surface area contributed by atoms with Crippen LogP contribution in [0.1, 0.15) is 75.4 Å². The first-order chi connectivity index (χ1) is 16.5. The molecule has 0 aliphatic rings. The van der Waals surface area contributed by atoms with Crippen molar-refractivity contribution in [2.24, 2.45) is 5.92 Å². The van der Waals surface area contributed by atoms with Gasteiger partial charge in [-0.05, 0) is 74.0 Å². The van der Waals surface area contributed by atoms with Crippen LogP contribution in [0.15, 0.2) is 54.6 Å². The van der Waals surface area contributed by atoms with E-state index in [0.717, 1.165) is 24.8 Å². The Bertz CT molecular complexity index is 929. The van der Waals surface area contributed by atoms with Gasteiger partial charge < -0.3 is 9.16 Å². The summed E-state index contributed by atoms with van der Waals surface area (Å²) < 4.78 is 11.8. The van der Waals surface area contributed by atoms with Crippen LogP contribution in [0.2, 0.25) is 18.1 Å². The minimum atomic E-state index is -1.94. The van der Waals surface area contributed by atoms with E-state index in [4.69, 9.17) is 9.16 Å². The SMILES string of the molecule is CCOC(=O)c1ccc(C[C@H](C[C@@H](CC)O[Si](C)(C)C(C)(C)C)C(=O)CCc2ccccc2)cc1. The first-order valence-corrected chi connectivity index (χ1v) is 15.9. The summed E-state index contributed by atoms with van der Waals surface area (Å²) >= 11 is 0. The van der Waals surface area contributed by atoms with Crippen molar-refractivity contribution in [2.45, 2.75) is 91.0 Å². The Balaban J connectivity index is 2.19. The average molecular weight is 497 g/mol. The van der Waals surface area contributed by atoms with Crippen LogP contribution in [-0.2, 0) is 26.8 Å². The number of carbonyl (C=O) groups excluding carboxylic acids is 2. The van der Waals surface area contributed by atoms with Crippen LogP contribution < -0.4 is 0 Å². The molecule has 0 saturated carbocycles. The second-order valence-electron chi connectivity index (χ2n) is 10.9. The standard InChI is InChI=1S/C30H44O4Si/c1-8-27(34-35(6,7)30(3,4)5)22-26(28(31)20-17-23-13-11-10-12-14-23)21-24-15-18-25(19-16-24)29(32)33-9-2/h10-16,18-19,26-27H,8-9,17,20-22H2,1-7H3/t26-,27-/m1/s1. The van der Waals surface area contributed by atoms with E-state index in [1.165, 1.54) is 5.56 Å². The van der Waals surface area contributed by atoms with Crippen molar-refractivity contribution in [1.29, 1.82) is 0 Å². The van der Waals surface area contributed by atoms with Crippen LogP contribution in [0.3, 0.4) is 0 Å². The third-order valence-corrected chi connectivity index (χ3v) is 11.7. The number of ether oxygens (including phenoxy) is 1. The third kappa shape index (κ3) is 9.05. The van der Waals surface area contributed by atoms with Crippen molar-refractivity contribution in [3.63, 3.8) is 0 Å². The van der Waals surface area contributed by atoms with Gasteiger partial charge in [0.2, 0.25) is 0 Å². The molecular formula is C30H44O4Si. The Labute approximate surface area is 213 Å². The molecule has 5 heteroatoms. The smallest absolute Gasteiger partial charge is 0.338 e. The minimum Gasteiger partial charge on any atom is -0.462 e. The van der Waals surface area contributed by atoms with Gasteiger partial charge in [0.05, 0.1) is 12.2 Å². The number of ketones is 1. The van der Waals surface area contributed by atoms with Crippen LogP contribution in [0.4, 0.5) is 0 Å². The summed E-state index contributed by atoms with van der Waals surface area (Å²) in [5.74, 6) is -0.161. The molecular weight excluding hydrogens is 452 g/mol. The van der Waals surface area contributed by atoms with E-state index in [1.54, 1.807) is 19.1 Å². The van der Waals surface area contributed by atoms with Gasteiger partial charge in [-0.2, -0.15) is 0 Å². The van der Waals surface area contributed by atoms with Gasteiger partial charge in [0, 0.05) is 18.4 Å². The summed E-state index contributed by atoms with van der Waals surface area (Å²) in [5, 5.41) is 0.121. The highest BCUT2D eigenvalue weighted by Gasteiger charge is 2.39. The number of esters is 1. The van der Waals surface area contributed by atoms with Gasteiger partial charge in [0.1, 0.15) is 5.78 Å². The van der Waals surface area contributed by atoms with Gasteiger partial charge in [-0.15, -0.1) is 0 Å². The van der Waals surface area contributed by atoms with E-state index in [9.17, 15) is 9.59 Å². The maximum atomic E-state index is 13.5. The lowest BCUT2D eigenvalue weighted by atomic mass is 9.87. The molecule has 0 aliphatic carbocycles. The largest absolute Gasteiger partial charge is 0.462 e. The molecule has 35 heavy (non-hydrogen) atoms. The van der Waals surface area contributed by atoms with Crippen molar-refractivity contribution in [3.8, 4) is 0 Å². The highest BCUT2D eigenvalue weighted by Crippen LogP contribution is 2.38. The van der Waals surface area contributed by atoms with Gasteiger partial charge >= 0.3 is 5.97 Å². The van der Waals surface area contributed by atoms with Gasteiger partial charge in [0.25, 0.3) is 0 Å². The number of benzene rings is 2. The number of aryl methyl sites for hydroxylation is 1. The molecule has 0 aromatic heterocycles. The summed E-state index contributed by atoms with van der Waals surface area (Å²) in [4.78, 5) is 25.5. The van der Waals surface area contributed by atoms with Gasteiger partial charge in [-0.25, -0.2) is 4.79 Å². The summed E-state index contributed by atoms with van der Waals surface area (Å²) in [7, 11) is -1.94. The number of rotatable bonds is 13. The highest BCUT2D eigenvalue weighted by molar-refractivity contribution is 6.74. The summed E-state index contributed by atoms with van der Waals surface area (Å²) in [6, 6.07) is 17.7.